The van der Waals surface area contributed by atoms with Gasteiger partial charge in [0.25, 0.3) is 5.91 Å². The molecule has 1 aromatic carbocycles. The number of hydrogen-bond acceptors (Lipinski definition) is 5. The minimum atomic E-state index is -1.14. The Morgan fingerprint density at radius 2 is 1.96 bits per heavy atom. The Morgan fingerprint density at radius 3 is 2.54 bits per heavy atom. The lowest BCUT2D eigenvalue weighted by atomic mass is 9.92. The monoisotopic (exact) mass is 337 g/mol. The van der Waals surface area contributed by atoms with Gasteiger partial charge in [-0.15, -0.1) is 0 Å². The van der Waals surface area contributed by atoms with Crippen molar-refractivity contribution >= 4 is 11.9 Å². The van der Waals surface area contributed by atoms with Crippen LogP contribution in [0.15, 0.2) is 30.3 Å². The molecular weight excluding hydrogens is 314 g/mol. The SMILES string of the molecule is COCC(NC(=O)C1(OCc2ccccc2)CCOCC1)C(=O)O. The van der Waals surface area contributed by atoms with Crippen LogP contribution in [0.4, 0.5) is 0 Å². The number of ether oxygens (including phenoxy) is 3. The number of carbonyl (C=O) groups is 2. The van der Waals surface area contributed by atoms with Crippen molar-refractivity contribution in [2.45, 2.75) is 31.1 Å². The average Bonchev–Trinajstić information content (AvgIpc) is 2.61. The predicted molar refractivity (Wildman–Crippen MR) is 85.5 cm³/mol. The molecule has 1 atom stereocenters. The summed E-state index contributed by atoms with van der Waals surface area (Å²) in [5.74, 6) is -1.58. The molecule has 0 radical (unpaired) electrons. The predicted octanol–water partition coefficient (Wildman–Crippen LogP) is 0.968. The van der Waals surface area contributed by atoms with E-state index in [0.717, 1.165) is 5.56 Å². The van der Waals surface area contributed by atoms with E-state index in [1.54, 1.807) is 0 Å². The van der Waals surface area contributed by atoms with Crippen molar-refractivity contribution in [2.24, 2.45) is 0 Å². The molecule has 1 aromatic rings. The smallest absolute Gasteiger partial charge is 0.328 e. The molecule has 2 rings (SSSR count). The van der Waals surface area contributed by atoms with Gasteiger partial charge in [-0.05, 0) is 5.56 Å². The van der Waals surface area contributed by atoms with E-state index in [1.807, 2.05) is 30.3 Å². The molecule has 0 aliphatic carbocycles. The Labute approximate surface area is 140 Å². The van der Waals surface area contributed by atoms with Crippen LogP contribution in [0.3, 0.4) is 0 Å². The fourth-order valence-corrected chi connectivity index (χ4v) is 2.56. The van der Waals surface area contributed by atoms with Crippen LogP contribution in [0.25, 0.3) is 0 Å². The van der Waals surface area contributed by atoms with Crippen molar-refractivity contribution in [3.05, 3.63) is 35.9 Å². The minimum Gasteiger partial charge on any atom is -0.480 e. The van der Waals surface area contributed by atoms with Crippen LogP contribution < -0.4 is 5.32 Å². The molecule has 0 spiro atoms. The maximum atomic E-state index is 12.7. The molecule has 1 aliphatic heterocycles. The maximum Gasteiger partial charge on any atom is 0.328 e. The van der Waals surface area contributed by atoms with Gasteiger partial charge < -0.3 is 24.6 Å². The average molecular weight is 337 g/mol. The summed E-state index contributed by atoms with van der Waals surface area (Å²) in [7, 11) is 1.39. The molecule has 1 unspecified atom stereocenters. The van der Waals surface area contributed by atoms with E-state index in [0.29, 0.717) is 26.1 Å². The lowest BCUT2D eigenvalue weighted by Gasteiger charge is -2.36. The summed E-state index contributed by atoms with van der Waals surface area (Å²) < 4.78 is 16.1. The van der Waals surface area contributed by atoms with Gasteiger partial charge in [-0.25, -0.2) is 4.79 Å². The molecule has 0 aromatic heterocycles. The van der Waals surface area contributed by atoms with Gasteiger partial charge in [-0.1, -0.05) is 30.3 Å². The van der Waals surface area contributed by atoms with E-state index in [9.17, 15) is 14.7 Å². The largest absolute Gasteiger partial charge is 0.480 e. The van der Waals surface area contributed by atoms with Crippen molar-refractivity contribution in [3.63, 3.8) is 0 Å². The van der Waals surface area contributed by atoms with Gasteiger partial charge in [0.15, 0.2) is 11.6 Å². The van der Waals surface area contributed by atoms with Gasteiger partial charge in [0.2, 0.25) is 0 Å². The van der Waals surface area contributed by atoms with Gasteiger partial charge in [-0.2, -0.15) is 0 Å². The van der Waals surface area contributed by atoms with Crippen molar-refractivity contribution in [1.29, 1.82) is 0 Å². The number of nitrogens with one attached hydrogen (secondary N) is 1. The standard InChI is InChI=1S/C17H23NO6/c1-22-12-14(15(19)20)18-16(21)17(7-9-23-10-8-17)24-11-13-5-3-2-4-6-13/h2-6,14H,7-12H2,1H3,(H,18,21)(H,19,20). The summed E-state index contributed by atoms with van der Waals surface area (Å²) >= 11 is 0. The molecule has 2 N–H and O–H groups in total. The summed E-state index contributed by atoms with van der Waals surface area (Å²) in [6, 6.07) is 8.42. The first-order valence-electron chi connectivity index (χ1n) is 7.86. The Bertz CT molecular complexity index is 541. The van der Waals surface area contributed by atoms with Crippen LogP contribution in [0.2, 0.25) is 0 Å². The van der Waals surface area contributed by atoms with Crippen molar-refractivity contribution in [1.82, 2.24) is 5.32 Å². The van der Waals surface area contributed by atoms with E-state index >= 15 is 0 Å². The number of carboxylic acids is 1. The molecule has 1 saturated heterocycles. The van der Waals surface area contributed by atoms with Crippen molar-refractivity contribution in [2.75, 3.05) is 26.9 Å². The molecule has 1 amide bonds. The Balaban J connectivity index is 2.08. The van der Waals surface area contributed by atoms with E-state index in [1.165, 1.54) is 7.11 Å². The molecule has 1 fully saturated rings. The number of hydrogen-bond donors (Lipinski definition) is 2. The Hall–Kier alpha value is -1.96. The summed E-state index contributed by atoms with van der Waals surface area (Å²) in [6.45, 7) is 0.955. The zero-order valence-electron chi connectivity index (χ0n) is 13.7. The Morgan fingerprint density at radius 1 is 1.29 bits per heavy atom. The molecule has 0 bridgehead atoms. The summed E-state index contributed by atoms with van der Waals surface area (Å²) in [5, 5.41) is 11.7. The topological polar surface area (TPSA) is 94.1 Å². The zero-order chi connectivity index (χ0) is 17.4. The lowest BCUT2D eigenvalue weighted by molar-refractivity contribution is -0.166. The summed E-state index contributed by atoms with van der Waals surface area (Å²) in [4.78, 5) is 24.0. The second-order valence-electron chi connectivity index (χ2n) is 5.70. The Kier molecular flexibility index (Phi) is 6.72. The highest BCUT2D eigenvalue weighted by molar-refractivity contribution is 5.89. The van der Waals surface area contributed by atoms with E-state index in [-0.39, 0.29) is 13.2 Å². The first-order chi connectivity index (χ1) is 11.6. The minimum absolute atomic E-state index is 0.105. The third-order valence-electron chi connectivity index (χ3n) is 4.01. The normalized spacial score (nSPS) is 17.9. The number of carbonyl (C=O) groups excluding carboxylic acids is 1. The van der Waals surface area contributed by atoms with Gasteiger partial charge in [-0.3, -0.25) is 4.79 Å². The molecule has 0 saturated carbocycles. The molecule has 1 heterocycles. The maximum absolute atomic E-state index is 12.7. The van der Waals surface area contributed by atoms with Crippen LogP contribution in [-0.4, -0.2) is 55.6 Å². The van der Waals surface area contributed by atoms with Gasteiger partial charge in [0, 0.05) is 33.2 Å². The van der Waals surface area contributed by atoms with Crippen LogP contribution in [0.1, 0.15) is 18.4 Å². The highest BCUT2D eigenvalue weighted by atomic mass is 16.5. The number of benzene rings is 1. The van der Waals surface area contributed by atoms with Crippen molar-refractivity contribution < 1.29 is 28.9 Å². The molecule has 7 heteroatoms. The first kappa shape index (κ1) is 18.4. The quantitative estimate of drug-likeness (QED) is 0.734. The van der Waals surface area contributed by atoms with E-state index in [2.05, 4.69) is 5.32 Å². The third-order valence-corrected chi connectivity index (χ3v) is 4.01. The van der Waals surface area contributed by atoms with Crippen LogP contribution in [-0.2, 0) is 30.4 Å². The summed E-state index contributed by atoms with van der Waals surface area (Å²) in [5.41, 5.74) is -0.141. The van der Waals surface area contributed by atoms with E-state index in [4.69, 9.17) is 14.2 Å². The number of methoxy groups -OCH3 is 1. The van der Waals surface area contributed by atoms with Gasteiger partial charge in [0.1, 0.15) is 0 Å². The highest BCUT2D eigenvalue weighted by Gasteiger charge is 2.42. The number of aliphatic carboxylic acids is 1. The summed E-state index contributed by atoms with van der Waals surface area (Å²) in [6.07, 6.45) is 0.760. The van der Waals surface area contributed by atoms with Gasteiger partial charge >= 0.3 is 5.97 Å². The second kappa shape index (κ2) is 8.77. The van der Waals surface area contributed by atoms with E-state index < -0.39 is 23.5 Å². The van der Waals surface area contributed by atoms with Crippen LogP contribution in [0.5, 0.6) is 0 Å². The number of rotatable bonds is 8. The lowest BCUT2D eigenvalue weighted by Crippen LogP contribution is -2.56. The molecule has 7 nitrogen and oxygen atoms in total. The number of amides is 1. The zero-order valence-corrected chi connectivity index (χ0v) is 13.7. The van der Waals surface area contributed by atoms with Gasteiger partial charge in [0.05, 0.1) is 13.2 Å². The number of carboxylic acid groups (broad SMARTS) is 1. The van der Waals surface area contributed by atoms with Crippen LogP contribution in [0, 0.1) is 0 Å². The third kappa shape index (κ3) is 4.77. The molecule has 24 heavy (non-hydrogen) atoms. The molecular formula is C17H23NO6. The second-order valence-corrected chi connectivity index (χ2v) is 5.70. The van der Waals surface area contributed by atoms with Crippen molar-refractivity contribution in [3.8, 4) is 0 Å². The van der Waals surface area contributed by atoms with Crippen LogP contribution >= 0.6 is 0 Å². The highest BCUT2D eigenvalue weighted by Crippen LogP contribution is 2.27. The molecule has 1 aliphatic rings. The fourth-order valence-electron chi connectivity index (χ4n) is 2.56. The fraction of sp³-hybridized carbons (Fsp3) is 0.529. The first-order valence-corrected chi connectivity index (χ1v) is 7.86. The molecule has 132 valence electrons.